The average Bonchev–Trinajstić information content (AvgIpc) is 3.00. The first-order valence-electron chi connectivity index (χ1n) is 8.25. The number of nitrogens with zero attached hydrogens (tertiary/aromatic N) is 2. The van der Waals surface area contributed by atoms with Crippen molar-refractivity contribution in [3.63, 3.8) is 0 Å². The maximum absolute atomic E-state index is 12.6. The molecule has 7 heteroatoms. The van der Waals surface area contributed by atoms with Crippen LogP contribution in [0.2, 0.25) is 0 Å². The van der Waals surface area contributed by atoms with Crippen LogP contribution in [0.25, 0.3) is 0 Å². The fraction of sp³-hybridized carbons (Fsp3) is 0.588. The fourth-order valence-corrected chi connectivity index (χ4v) is 3.59. The second-order valence-corrected chi connectivity index (χ2v) is 6.47. The number of carbonyl (C=O) groups is 1. The number of amides is 1. The van der Waals surface area contributed by atoms with E-state index in [0.717, 1.165) is 31.4 Å². The minimum atomic E-state index is -4.39. The van der Waals surface area contributed by atoms with E-state index in [1.807, 2.05) is 0 Å². The Morgan fingerprint density at radius 1 is 1.04 bits per heavy atom. The molecular weight excluding hydrogens is 321 g/mol. The average molecular weight is 342 g/mol. The second-order valence-electron chi connectivity index (χ2n) is 6.47. The Kier molecular flexibility index (Phi) is 4.83. The van der Waals surface area contributed by atoms with Gasteiger partial charge in [-0.3, -0.25) is 9.69 Å². The topological polar surface area (TPSA) is 43.8 Å². The Hall–Kier alpha value is -1.60. The van der Waals surface area contributed by atoms with Gasteiger partial charge in [-0.05, 0) is 43.5 Å². The van der Waals surface area contributed by atoms with Crippen LogP contribution >= 0.6 is 0 Å². The van der Waals surface area contributed by atoms with Crippen LogP contribution in [0, 0.1) is 0 Å². The first-order chi connectivity index (χ1) is 11.4. The van der Waals surface area contributed by atoms with Gasteiger partial charge in [-0.2, -0.15) is 13.2 Å². The summed E-state index contributed by atoms with van der Waals surface area (Å²) in [5, 5.41) is 9.97. The largest absolute Gasteiger partial charge is 0.416 e. The number of benzene rings is 1. The third-order valence-corrected chi connectivity index (χ3v) is 4.97. The van der Waals surface area contributed by atoms with Gasteiger partial charge >= 0.3 is 6.18 Å². The van der Waals surface area contributed by atoms with Crippen LogP contribution in [0.5, 0.6) is 0 Å². The van der Waals surface area contributed by atoms with Crippen LogP contribution in [0.4, 0.5) is 13.2 Å². The van der Waals surface area contributed by atoms with Crippen molar-refractivity contribution in [1.29, 1.82) is 0 Å². The monoisotopic (exact) mass is 342 g/mol. The second kappa shape index (κ2) is 6.72. The summed E-state index contributed by atoms with van der Waals surface area (Å²) in [5.41, 5.74) is -0.476. The van der Waals surface area contributed by atoms with Crippen LogP contribution in [0.15, 0.2) is 24.3 Å². The molecule has 1 aliphatic heterocycles. The van der Waals surface area contributed by atoms with Crippen molar-refractivity contribution in [2.24, 2.45) is 0 Å². The van der Waals surface area contributed by atoms with Crippen molar-refractivity contribution >= 4 is 5.91 Å². The number of aliphatic hydroxyl groups excluding tert-OH is 1. The van der Waals surface area contributed by atoms with Gasteiger partial charge in [0.05, 0.1) is 11.7 Å². The predicted molar refractivity (Wildman–Crippen MR) is 82.6 cm³/mol. The Labute approximate surface area is 138 Å². The zero-order valence-corrected chi connectivity index (χ0v) is 13.3. The van der Waals surface area contributed by atoms with Gasteiger partial charge in [0.15, 0.2) is 0 Å². The SMILES string of the molecule is O=C(c1ccc(C(F)(F)F)cc1)N1CCN(C2CCCC2O)CC1. The van der Waals surface area contributed by atoms with Crippen LogP contribution in [0.1, 0.15) is 35.2 Å². The van der Waals surface area contributed by atoms with Gasteiger partial charge in [-0.25, -0.2) is 0 Å². The summed E-state index contributed by atoms with van der Waals surface area (Å²) in [5.74, 6) is -0.240. The lowest BCUT2D eigenvalue weighted by Crippen LogP contribution is -2.53. The molecule has 132 valence electrons. The summed E-state index contributed by atoms with van der Waals surface area (Å²) in [6.45, 7) is 2.44. The molecule has 0 bridgehead atoms. The van der Waals surface area contributed by atoms with E-state index in [2.05, 4.69) is 4.90 Å². The molecule has 1 N–H and O–H groups in total. The van der Waals surface area contributed by atoms with E-state index in [-0.39, 0.29) is 23.6 Å². The molecule has 0 radical (unpaired) electrons. The first-order valence-corrected chi connectivity index (χ1v) is 8.25. The molecule has 24 heavy (non-hydrogen) atoms. The highest BCUT2D eigenvalue weighted by Crippen LogP contribution is 2.29. The van der Waals surface area contributed by atoms with Crippen LogP contribution < -0.4 is 0 Å². The van der Waals surface area contributed by atoms with E-state index in [0.29, 0.717) is 26.2 Å². The molecule has 1 saturated carbocycles. The number of hydrogen-bond donors (Lipinski definition) is 1. The summed E-state index contributed by atoms with van der Waals surface area (Å²) >= 11 is 0. The molecule has 1 aromatic rings. The molecule has 2 fully saturated rings. The third kappa shape index (κ3) is 3.57. The van der Waals surface area contributed by atoms with Gasteiger partial charge < -0.3 is 10.0 Å². The van der Waals surface area contributed by atoms with Crippen LogP contribution in [-0.2, 0) is 6.18 Å². The normalized spacial score (nSPS) is 25.9. The van der Waals surface area contributed by atoms with Gasteiger partial charge in [-0.15, -0.1) is 0 Å². The lowest BCUT2D eigenvalue weighted by Gasteiger charge is -2.39. The highest BCUT2D eigenvalue weighted by Gasteiger charge is 2.34. The van der Waals surface area contributed by atoms with E-state index < -0.39 is 11.7 Å². The Morgan fingerprint density at radius 2 is 1.67 bits per heavy atom. The zero-order valence-electron chi connectivity index (χ0n) is 13.3. The predicted octanol–water partition coefficient (Wildman–Crippen LogP) is 2.38. The molecule has 1 amide bonds. The summed E-state index contributed by atoms with van der Waals surface area (Å²) in [7, 11) is 0. The molecule has 0 aromatic heterocycles. The molecule has 3 rings (SSSR count). The van der Waals surface area contributed by atoms with Gasteiger partial charge in [0.25, 0.3) is 5.91 Å². The minimum Gasteiger partial charge on any atom is -0.391 e. The lowest BCUT2D eigenvalue weighted by atomic mass is 10.1. The van der Waals surface area contributed by atoms with Crippen molar-refractivity contribution in [2.45, 2.75) is 37.6 Å². The lowest BCUT2D eigenvalue weighted by molar-refractivity contribution is -0.137. The Morgan fingerprint density at radius 3 is 2.17 bits per heavy atom. The Bertz CT molecular complexity index is 580. The molecule has 1 heterocycles. The third-order valence-electron chi connectivity index (χ3n) is 4.97. The van der Waals surface area contributed by atoms with Crippen molar-refractivity contribution in [3.05, 3.63) is 35.4 Å². The highest BCUT2D eigenvalue weighted by molar-refractivity contribution is 5.94. The highest BCUT2D eigenvalue weighted by atomic mass is 19.4. The summed E-state index contributed by atoms with van der Waals surface area (Å²) in [6.07, 6.45) is -1.85. The van der Waals surface area contributed by atoms with E-state index in [1.54, 1.807) is 4.90 Å². The van der Waals surface area contributed by atoms with Gasteiger partial charge in [0, 0.05) is 37.8 Å². The number of carbonyl (C=O) groups excluding carboxylic acids is 1. The fourth-order valence-electron chi connectivity index (χ4n) is 3.59. The van der Waals surface area contributed by atoms with Crippen molar-refractivity contribution < 1.29 is 23.1 Å². The number of hydrogen-bond acceptors (Lipinski definition) is 3. The number of aliphatic hydroxyl groups is 1. The molecule has 1 saturated heterocycles. The quantitative estimate of drug-likeness (QED) is 0.897. The van der Waals surface area contributed by atoms with Crippen molar-refractivity contribution in [3.8, 4) is 0 Å². The molecule has 1 aliphatic carbocycles. The number of halogens is 3. The molecule has 0 spiro atoms. The van der Waals surface area contributed by atoms with Crippen molar-refractivity contribution in [2.75, 3.05) is 26.2 Å². The zero-order chi connectivity index (χ0) is 17.3. The number of piperazine rings is 1. The van der Waals surface area contributed by atoms with E-state index >= 15 is 0 Å². The summed E-state index contributed by atoms with van der Waals surface area (Å²) in [4.78, 5) is 16.3. The summed E-state index contributed by atoms with van der Waals surface area (Å²) < 4.78 is 37.7. The van der Waals surface area contributed by atoms with E-state index in [4.69, 9.17) is 0 Å². The summed E-state index contributed by atoms with van der Waals surface area (Å²) in [6, 6.07) is 4.53. The van der Waals surface area contributed by atoms with Crippen molar-refractivity contribution in [1.82, 2.24) is 9.80 Å². The first kappa shape index (κ1) is 17.2. The van der Waals surface area contributed by atoms with Gasteiger partial charge in [0.2, 0.25) is 0 Å². The van der Waals surface area contributed by atoms with Crippen LogP contribution in [-0.4, -0.2) is 59.1 Å². The van der Waals surface area contributed by atoms with Crippen LogP contribution in [0.3, 0.4) is 0 Å². The Balaban J connectivity index is 1.59. The molecule has 2 unspecified atom stereocenters. The molecule has 2 aliphatic rings. The minimum absolute atomic E-state index is 0.174. The molecule has 2 atom stereocenters. The smallest absolute Gasteiger partial charge is 0.391 e. The van der Waals surface area contributed by atoms with E-state index in [1.165, 1.54) is 12.1 Å². The number of alkyl halides is 3. The number of rotatable bonds is 2. The van der Waals surface area contributed by atoms with E-state index in [9.17, 15) is 23.1 Å². The molecular formula is C17H21F3N2O2. The standard InChI is InChI=1S/C17H21F3N2O2/c18-17(19,20)13-6-4-12(5-7-13)16(24)22-10-8-21(9-11-22)14-2-1-3-15(14)23/h4-7,14-15,23H,1-3,8-11H2. The maximum Gasteiger partial charge on any atom is 0.416 e. The van der Waals surface area contributed by atoms with Gasteiger partial charge in [-0.1, -0.05) is 0 Å². The molecule has 4 nitrogen and oxygen atoms in total. The maximum atomic E-state index is 12.6. The molecule has 1 aromatic carbocycles. The van der Waals surface area contributed by atoms with Gasteiger partial charge in [0.1, 0.15) is 0 Å².